The molecule has 2 atom stereocenters. The monoisotopic (exact) mass is 317 g/mol. The molecule has 2 amide bonds. The third-order valence-electron chi connectivity index (χ3n) is 4.01. The summed E-state index contributed by atoms with van der Waals surface area (Å²) in [4.78, 5) is 29.4. The summed E-state index contributed by atoms with van der Waals surface area (Å²) in [7, 11) is 0. The van der Waals surface area contributed by atoms with Gasteiger partial charge in [-0.2, -0.15) is 0 Å². The highest BCUT2D eigenvalue weighted by atomic mass is 32.2. The van der Waals surface area contributed by atoms with Crippen molar-refractivity contribution in [3.05, 3.63) is 0 Å². The second kappa shape index (κ2) is 7.33. The van der Waals surface area contributed by atoms with Crippen LogP contribution in [-0.4, -0.2) is 93.4 Å². The molecule has 2 rings (SSSR count). The molecule has 2 N–H and O–H groups in total. The summed E-state index contributed by atoms with van der Waals surface area (Å²) in [5.41, 5.74) is 0. The van der Waals surface area contributed by atoms with E-state index in [4.69, 9.17) is 5.11 Å². The highest BCUT2D eigenvalue weighted by Crippen LogP contribution is 2.32. The third-order valence-corrected chi connectivity index (χ3v) is 5.46. The number of urea groups is 1. The SMILES string of the molecule is CCC1SCC(C(=O)O)N1C(=O)N1CCN(CCO)CC1. The molecule has 2 saturated heterocycles. The fraction of sp³-hybridized carbons (Fsp3) is 0.846. The molecule has 21 heavy (non-hydrogen) atoms. The molecule has 0 bridgehead atoms. The molecule has 2 aliphatic heterocycles. The van der Waals surface area contributed by atoms with Crippen LogP contribution in [0.4, 0.5) is 4.79 Å². The molecule has 120 valence electrons. The first-order valence-corrected chi connectivity index (χ1v) is 8.38. The van der Waals surface area contributed by atoms with E-state index in [1.54, 1.807) is 16.7 Å². The minimum Gasteiger partial charge on any atom is -0.480 e. The van der Waals surface area contributed by atoms with Crippen LogP contribution in [0.3, 0.4) is 0 Å². The Morgan fingerprint density at radius 3 is 2.43 bits per heavy atom. The predicted molar refractivity (Wildman–Crippen MR) is 80.3 cm³/mol. The van der Waals surface area contributed by atoms with Gasteiger partial charge in [0.25, 0.3) is 0 Å². The smallest absolute Gasteiger partial charge is 0.327 e. The van der Waals surface area contributed by atoms with Crippen LogP contribution < -0.4 is 0 Å². The van der Waals surface area contributed by atoms with Gasteiger partial charge >= 0.3 is 12.0 Å². The lowest BCUT2D eigenvalue weighted by Gasteiger charge is -2.38. The van der Waals surface area contributed by atoms with Gasteiger partial charge in [0.05, 0.1) is 12.0 Å². The lowest BCUT2D eigenvalue weighted by Crippen LogP contribution is -2.56. The van der Waals surface area contributed by atoms with Crippen molar-refractivity contribution in [3.8, 4) is 0 Å². The topological polar surface area (TPSA) is 84.3 Å². The van der Waals surface area contributed by atoms with Gasteiger partial charge in [-0.3, -0.25) is 9.80 Å². The minimum atomic E-state index is -0.925. The van der Waals surface area contributed by atoms with E-state index in [1.807, 2.05) is 6.92 Å². The van der Waals surface area contributed by atoms with Crippen molar-refractivity contribution in [1.29, 1.82) is 0 Å². The van der Waals surface area contributed by atoms with Crippen molar-refractivity contribution in [2.75, 3.05) is 45.1 Å². The van der Waals surface area contributed by atoms with Crippen LogP contribution in [0.1, 0.15) is 13.3 Å². The van der Waals surface area contributed by atoms with Crippen LogP contribution in [0.2, 0.25) is 0 Å². The molecule has 0 aromatic heterocycles. The van der Waals surface area contributed by atoms with Crippen LogP contribution in [-0.2, 0) is 4.79 Å². The number of hydrogen-bond donors (Lipinski definition) is 2. The zero-order valence-corrected chi connectivity index (χ0v) is 13.1. The fourth-order valence-electron chi connectivity index (χ4n) is 2.79. The molecule has 0 aromatic carbocycles. The van der Waals surface area contributed by atoms with Crippen molar-refractivity contribution < 1.29 is 19.8 Å². The van der Waals surface area contributed by atoms with Crippen LogP contribution in [0, 0.1) is 0 Å². The van der Waals surface area contributed by atoms with Crippen molar-refractivity contribution in [2.24, 2.45) is 0 Å². The van der Waals surface area contributed by atoms with E-state index in [1.165, 1.54) is 4.90 Å². The maximum absolute atomic E-state index is 12.7. The van der Waals surface area contributed by atoms with E-state index in [2.05, 4.69) is 4.90 Å². The van der Waals surface area contributed by atoms with E-state index in [0.29, 0.717) is 25.4 Å². The zero-order valence-electron chi connectivity index (χ0n) is 12.3. The summed E-state index contributed by atoms with van der Waals surface area (Å²) in [6.45, 7) is 5.34. The van der Waals surface area contributed by atoms with Crippen molar-refractivity contribution >= 4 is 23.8 Å². The van der Waals surface area contributed by atoms with E-state index in [9.17, 15) is 14.7 Å². The number of hydrogen-bond acceptors (Lipinski definition) is 5. The molecule has 0 spiro atoms. The van der Waals surface area contributed by atoms with Crippen molar-refractivity contribution in [2.45, 2.75) is 24.8 Å². The maximum Gasteiger partial charge on any atom is 0.327 e. The van der Waals surface area contributed by atoms with Crippen LogP contribution in [0.5, 0.6) is 0 Å². The Morgan fingerprint density at radius 1 is 1.24 bits per heavy atom. The lowest BCUT2D eigenvalue weighted by molar-refractivity contribution is -0.141. The van der Waals surface area contributed by atoms with E-state index < -0.39 is 12.0 Å². The number of thioether (sulfide) groups is 1. The van der Waals surface area contributed by atoms with Gasteiger partial charge in [-0.15, -0.1) is 11.8 Å². The minimum absolute atomic E-state index is 0.0472. The molecule has 2 heterocycles. The van der Waals surface area contributed by atoms with Gasteiger partial charge in [-0.1, -0.05) is 6.92 Å². The molecule has 2 aliphatic rings. The fourth-order valence-corrected chi connectivity index (χ4v) is 4.13. The Bertz CT molecular complexity index is 388. The molecule has 8 heteroatoms. The third kappa shape index (κ3) is 3.61. The second-order valence-electron chi connectivity index (χ2n) is 5.29. The number of carbonyl (C=O) groups is 2. The number of piperazine rings is 1. The zero-order chi connectivity index (χ0) is 15.4. The summed E-state index contributed by atoms with van der Waals surface area (Å²) in [5.74, 6) is -0.463. The van der Waals surface area contributed by atoms with Gasteiger partial charge in [0.2, 0.25) is 0 Å². The molecular weight excluding hydrogens is 294 g/mol. The largest absolute Gasteiger partial charge is 0.480 e. The normalized spacial score (nSPS) is 27.1. The average Bonchev–Trinajstić information content (AvgIpc) is 2.91. The average molecular weight is 317 g/mol. The van der Waals surface area contributed by atoms with Crippen LogP contribution in [0.15, 0.2) is 0 Å². The first kappa shape index (κ1) is 16.4. The highest BCUT2D eigenvalue weighted by molar-refractivity contribution is 8.00. The summed E-state index contributed by atoms with van der Waals surface area (Å²) in [6, 6.07) is -0.884. The Balaban J connectivity index is 1.99. The number of rotatable bonds is 4. The van der Waals surface area contributed by atoms with E-state index >= 15 is 0 Å². The molecule has 0 aliphatic carbocycles. The number of carbonyl (C=O) groups excluding carboxylic acids is 1. The van der Waals surface area contributed by atoms with E-state index in [0.717, 1.165) is 19.5 Å². The number of aliphatic hydroxyl groups is 1. The molecule has 2 fully saturated rings. The van der Waals surface area contributed by atoms with Crippen LogP contribution >= 0.6 is 11.8 Å². The lowest BCUT2D eigenvalue weighted by atomic mass is 10.2. The molecule has 0 aromatic rings. The number of amides is 2. The second-order valence-corrected chi connectivity index (χ2v) is 6.50. The highest BCUT2D eigenvalue weighted by Gasteiger charge is 2.42. The number of carboxylic acid groups (broad SMARTS) is 1. The first-order valence-electron chi connectivity index (χ1n) is 7.33. The number of aliphatic carboxylic acids is 1. The summed E-state index contributed by atoms with van der Waals surface area (Å²) < 4.78 is 0. The van der Waals surface area contributed by atoms with Gasteiger partial charge in [0.15, 0.2) is 0 Å². The molecule has 2 unspecified atom stereocenters. The molecule has 0 radical (unpaired) electrons. The van der Waals surface area contributed by atoms with Crippen molar-refractivity contribution in [1.82, 2.24) is 14.7 Å². The van der Waals surface area contributed by atoms with Gasteiger partial charge < -0.3 is 15.1 Å². The molecule has 7 nitrogen and oxygen atoms in total. The maximum atomic E-state index is 12.7. The van der Waals surface area contributed by atoms with Crippen molar-refractivity contribution in [3.63, 3.8) is 0 Å². The van der Waals surface area contributed by atoms with E-state index in [-0.39, 0.29) is 18.0 Å². The Hall–Kier alpha value is -0.990. The molecule has 0 saturated carbocycles. The number of nitrogens with zero attached hydrogens (tertiary/aromatic N) is 3. The van der Waals surface area contributed by atoms with Gasteiger partial charge in [-0.25, -0.2) is 9.59 Å². The number of carboxylic acids is 1. The van der Waals surface area contributed by atoms with Gasteiger partial charge in [0, 0.05) is 38.5 Å². The molecular formula is C13H23N3O4S. The Labute approximate surface area is 128 Å². The summed E-state index contributed by atoms with van der Waals surface area (Å²) in [5, 5.41) is 18.2. The Morgan fingerprint density at radius 2 is 1.90 bits per heavy atom. The summed E-state index contributed by atoms with van der Waals surface area (Å²) >= 11 is 1.54. The number of aliphatic hydroxyl groups excluding tert-OH is 1. The number of β-amino-alcohol motifs (C(OH)–C–C–N with tert-alkyl or cyclic N) is 1. The van der Waals surface area contributed by atoms with Gasteiger partial charge in [0.1, 0.15) is 6.04 Å². The quantitative estimate of drug-likeness (QED) is 0.756. The Kier molecular flexibility index (Phi) is 5.72. The predicted octanol–water partition coefficient (Wildman–Crippen LogP) is -0.0456. The summed E-state index contributed by atoms with van der Waals surface area (Å²) in [6.07, 6.45) is 0.755. The first-order chi connectivity index (χ1) is 10.1. The van der Waals surface area contributed by atoms with Gasteiger partial charge in [-0.05, 0) is 6.42 Å². The standard InChI is InChI=1S/C13H23N3O4S/c1-2-11-16(10(9-21-11)12(18)19)13(20)15-5-3-14(4-6-15)7-8-17/h10-11,17H,2-9H2,1H3,(H,18,19). The van der Waals surface area contributed by atoms with Crippen LogP contribution in [0.25, 0.3) is 0 Å².